The molecule has 1 aromatic rings. The highest BCUT2D eigenvalue weighted by Gasteiger charge is 2.44. The lowest BCUT2D eigenvalue weighted by molar-refractivity contribution is -0.299. The predicted octanol–water partition coefficient (Wildman–Crippen LogP) is 3.80. The van der Waals surface area contributed by atoms with Gasteiger partial charge in [0.05, 0.1) is 0 Å². The lowest BCUT2D eigenvalue weighted by Gasteiger charge is -2.52. The number of likely N-dealkylation sites (N-methyl/N-ethyl adjacent to an activating group) is 1. The maximum atomic E-state index is 13.2. The van der Waals surface area contributed by atoms with E-state index in [0.717, 1.165) is 24.8 Å². The molecule has 0 N–H and O–H groups in total. The number of hydrogen-bond donors (Lipinski definition) is 0. The molecule has 1 saturated heterocycles. The minimum Gasteiger partial charge on any atom is -0.346 e. The fraction of sp³-hybridized carbons (Fsp3) is 0.650. The van der Waals surface area contributed by atoms with Crippen LogP contribution in [0.25, 0.3) is 0 Å². The summed E-state index contributed by atoms with van der Waals surface area (Å²) in [5.74, 6) is -0.361. The Kier molecular flexibility index (Phi) is 5.89. The molecular weight excluding hydrogens is 319 g/mol. The van der Waals surface area contributed by atoms with Gasteiger partial charge in [0, 0.05) is 31.6 Å². The van der Waals surface area contributed by atoms with Gasteiger partial charge >= 0.3 is 0 Å². The van der Waals surface area contributed by atoms with Crippen molar-refractivity contribution in [1.82, 2.24) is 9.96 Å². The molecule has 1 heterocycles. The molecule has 0 radical (unpaired) electrons. The minimum absolute atomic E-state index is 0.0819. The van der Waals surface area contributed by atoms with Crippen LogP contribution >= 0.6 is 0 Å². The summed E-state index contributed by atoms with van der Waals surface area (Å²) in [6.07, 6.45) is 2.98. The Hall–Kier alpha value is -1.46. The van der Waals surface area contributed by atoms with Crippen LogP contribution in [-0.2, 0) is 16.1 Å². The Morgan fingerprint density at radius 3 is 2.16 bits per heavy atom. The number of carbonyl (C=O) groups is 1. The van der Waals surface area contributed by atoms with Crippen molar-refractivity contribution >= 4 is 5.91 Å². The summed E-state index contributed by atoms with van der Waals surface area (Å²) in [6, 6.07) is 6.25. The average Bonchev–Trinajstić information content (AvgIpc) is 2.50. The Morgan fingerprint density at radius 2 is 1.68 bits per heavy atom. The first-order valence-corrected chi connectivity index (χ1v) is 8.96. The van der Waals surface area contributed by atoms with E-state index in [1.807, 2.05) is 5.06 Å². The molecule has 140 valence electrons. The van der Waals surface area contributed by atoms with E-state index in [1.54, 1.807) is 31.1 Å². The molecular formula is C20H31FN2O2. The third-order valence-electron chi connectivity index (χ3n) is 4.96. The Labute approximate surface area is 150 Å². The van der Waals surface area contributed by atoms with Crippen molar-refractivity contribution < 1.29 is 14.0 Å². The smallest absolute Gasteiger partial charge is 0.253 e. The largest absolute Gasteiger partial charge is 0.346 e. The molecule has 1 aliphatic heterocycles. The molecule has 1 aromatic carbocycles. The number of rotatable bonds is 5. The van der Waals surface area contributed by atoms with Gasteiger partial charge in [-0.1, -0.05) is 12.1 Å². The number of benzene rings is 1. The van der Waals surface area contributed by atoms with Crippen LogP contribution in [0.4, 0.5) is 4.39 Å². The summed E-state index contributed by atoms with van der Waals surface area (Å²) < 4.78 is 13.2. The van der Waals surface area contributed by atoms with Crippen LogP contribution < -0.4 is 0 Å². The van der Waals surface area contributed by atoms with Gasteiger partial charge in [0.1, 0.15) is 5.82 Å². The molecule has 25 heavy (non-hydrogen) atoms. The van der Waals surface area contributed by atoms with Crippen LogP contribution in [0.15, 0.2) is 24.3 Å². The van der Waals surface area contributed by atoms with Crippen LogP contribution in [0, 0.1) is 5.82 Å². The molecule has 1 aliphatic rings. The molecule has 0 aliphatic carbocycles. The fourth-order valence-electron chi connectivity index (χ4n) is 3.68. The highest BCUT2D eigenvalue weighted by atomic mass is 19.1. The van der Waals surface area contributed by atoms with Crippen LogP contribution in [0.5, 0.6) is 0 Å². The number of hydrogen-bond acceptors (Lipinski definition) is 3. The van der Waals surface area contributed by atoms with Crippen LogP contribution in [0.3, 0.4) is 0 Å². The van der Waals surface area contributed by atoms with Gasteiger partial charge in [0.15, 0.2) is 6.10 Å². The lowest BCUT2D eigenvalue weighted by Crippen LogP contribution is -2.60. The highest BCUT2D eigenvalue weighted by molar-refractivity contribution is 5.80. The van der Waals surface area contributed by atoms with Crippen molar-refractivity contribution in [2.24, 2.45) is 0 Å². The van der Waals surface area contributed by atoms with E-state index in [4.69, 9.17) is 4.84 Å². The third kappa shape index (κ3) is 4.79. The molecule has 5 heteroatoms. The van der Waals surface area contributed by atoms with Gasteiger partial charge in [0.25, 0.3) is 5.91 Å². The van der Waals surface area contributed by atoms with Crippen LogP contribution in [0.1, 0.15) is 52.5 Å². The summed E-state index contributed by atoms with van der Waals surface area (Å²) >= 11 is 0. The normalized spacial score (nSPS) is 20.9. The molecule has 1 fully saturated rings. The quantitative estimate of drug-likeness (QED) is 0.810. The second-order valence-corrected chi connectivity index (χ2v) is 8.43. The van der Waals surface area contributed by atoms with E-state index in [9.17, 15) is 9.18 Å². The van der Waals surface area contributed by atoms with Gasteiger partial charge in [-0.05, 0) is 64.7 Å². The number of carbonyl (C=O) groups excluding carboxylic acids is 1. The van der Waals surface area contributed by atoms with Gasteiger partial charge in [-0.15, -0.1) is 0 Å². The molecule has 1 amide bonds. The Bertz CT molecular complexity index is 580. The second kappa shape index (κ2) is 7.42. The van der Waals surface area contributed by atoms with Gasteiger partial charge in [-0.25, -0.2) is 4.39 Å². The zero-order valence-corrected chi connectivity index (χ0v) is 16.3. The molecule has 2 rings (SSSR count). The molecule has 4 nitrogen and oxygen atoms in total. The zero-order valence-electron chi connectivity index (χ0n) is 16.3. The number of halogens is 1. The van der Waals surface area contributed by atoms with Crippen molar-refractivity contribution in [1.29, 1.82) is 0 Å². The molecule has 0 spiro atoms. The second-order valence-electron chi connectivity index (χ2n) is 8.43. The van der Waals surface area contributed by atoms with Gasteiger partial charge in [-0.3, -0.25) is 9.63 Å². The maximum absolute atomic E-state index is 13.2. The molecule has 0 saturated carbocycles. The van der Waals surface area contributed by atoms with Gasteiger partial charge < -0.3 is 4.90 Å². The SMILES string of the molecule is CN(C)C(=O)C(Cc1ccc(F)cc1)ON1C(C)(C)CCCC1(C)C. The summed E-state index contributed by atoms with van der Waals surface area (Å²) in [5.41, 5.74) is 0.597. The summed E-state index contributed by atoms with van der Waals surface area (Å²) in [4.78, 5) is 20.6. The van der Waals surface area contributed by atoms with E-state index in [0.29, 0.717) is 6.42 Å². The van der Waals surface area contributed by atoms with E-state index >= 15 is 0 Å². The van der Waals surface area contributed by atoms with E-state index in [1.165, 1.54) is 12.1 Å². The van der Waals surface area contributed by atoms with Gasteiger partial charge in [-0.2, -0.15) is 5.06 Å². The minimum atomic E-state index is -0.628. The summed E-state index contributed by atoms with van der Waals surface area (Å²) in [6.45, 7) is 8.62. The fourth-order valence-corrected chi connectivity index (χ4v) is 3.68. The third-order valence-corrected chi connectivity index (χ3v) is 4.96. The van der Waals surface area contributed by atoms with E-state index in [2.05, 4.69) is 27.7 Å². The zero-order chi connectivity index (χ0) is 18.8. The number of nitrogens with zero attached hydrogens (tertiary/aromatic N) is 2. The van der Waals surface area contributed by atoms with Crippen molar-refractivity contribution in [2.75, 3.05) is 14.1 Å². The number of piperidine rings is 1. The first kappa shape index (κ1) is 19.9. The topological polar surface area (TPSA) is 32.8 Å². The standard InChI is InChI=1S/C20H31FN2O2/c1-19(2)12-7-13-20(3,4)23(19)25-17(18(24)22(5)6)14-15-8-10-16(21)11-9-15/h8-11,17H,7,12-14H2,1-6H3. The van der Waals surface area contributed by atoms with E-state index in [-0.39, 0.29) is 22.8 Å². The van der Waals surface area contributed by atoms with Crippen LogP contribution in [-0.4, -0.2) is 47.1 Å². The van der Waals surface area contributed by atoms with Crippen molar-refractivity contribution in [3.05, 3.63) is 35.6 Å². The number of hydroxylamine groups is 2. The molecule has 1 unspecified atom stereocenters. The highest BCUT2D eigenvalue weighted by Crippen LogP contribution is 2.39. The van der Waals surface area contributed by atoms with Gasteiger partial charge in [0.2, 0.25) is 0 Å². The lowest BCUT2D eigenvalue weighted by atomic mass is 9.82. The first-order valence-electron chi connectivity index (χ1n) is 8.96. The molecule has 0 bridgehead atoms. The van der Waals surface area contributed by atoms with Crippen molar-refractivity contribution in [3.8, 4) is 0 Å². The predicted molar refractivity (Wildman–Crippen MR) is 97.5 cm³/mol. The van der Waals surface area contributed by atoms with Crippen molar-refractivity contribution in [3.63, 3.8) is 0 Å². The monoisotopic (exact) mass is 350 g/mol. The van der Waals surface area contributed by atoms with Crippen LogP contribution in [0.2, 0.25) is 0 Å². The Balaban J connectivity index is 2.25. The summed E-state index contributed by atoms with van der Waals surface area (Å²) in [7, 11) is 3.46. The molecule has 1 atom stereocenters. The molecule has 0 aromatic heterocycles. The average molecular weight is 350 g/mol. The van der Waals surface area contributed by atoms with Crippen molar-refractivity contribution in [2.45, 2.75) is 70.6 Å². The summed E-state index contributed by atoms with van der Waals surface area (Å²) in [5, 5.41) is 2.01. The Morgan fingerprint density at radius 1 is 1.16 bits per heavy atom. The first-order chi connectivity index (χ1) is 11.5. The maximum Gasteiger partial charge on any atom is 0.253 e. The van der Waals surface area contributed by atoms with E-state index < -0.39 is 6.10 Å². The number of amides is 1.